The second-order valence-electron chi connectivity index (χ2n) is 6.01. The summed E-state index contributed by atoms with van der Waals surface area (Å²) in [6.45, 7) is 8.55. The van der Waals surface area contributed by atoms with E-state index in [1.807, 2.05) is 0 Å². The SMILES string of the molecule is Cc1cc(C)c(-n2c(C)cc3c2CCCC3=O)c(C)c1. The molecule has 0 bridgehead atoms. The molecular formula is C18H21NO. The van der Waals surface area contributed by atoms with Gasteiger partial charge in [-0.3, -0.25) is 4.79 Å². The van der Waals surface area contributed by atoms with Crippen molar-refractivity contribution in [2.45, 2.75) is 47.0 Å². The standard InChI is InChI=1S/C18H21NO/c1-11-8-12(2)18(13(3)9-11)19-14(4)10-15-16(19)6-5-7-17(15)20/h8-10H,5-7H2,1-4H3. The van der Waals surface area contributed by atoms with Crippen LogP contribution in [0.2, 0.25) is 0 Å². The minimum absolute atomic E-state index is 0.301. The fourth-order valence-electron chi connectivity index (χ4n) is 3.57. The van der Waals surface area contributed by atoms with Gasteiger partial charge in [-0.25, -0.2) is 0 Å². The summed E-state index contributed by atoms with van der Waals surface area (Å²) in [7, 11) is 0. The Morgan fingerprint density at radius 2 is 1.60 bits per heavy atom. The number of benzene rings is 1. The molecule has 2 aromatic rings. The van der Waals surface area contributed by atoms with Gasteiger partial charge in [-0.1, -0.05) is 17.7 Å². The Morgan fingerprint density at radius 3 is 2.25 bits per heavy atom. The van der Waals surface area contributed by atoms with Crippen LogP contribution in [0.5, 0.6) is 0 Å². The second kappa shape index (κ2) is 4.62. The quantitative estimate of drug-likeness (QED) is 0.758. The molecule has 0 fully saturated rings. The van der Waals surface area contributed by atoms with E-state index in [4.69, 9.17) is 0 Å². The number of aromatic nitrogens is 1. The molecule has 0 atom stereocenters. The van der Waals surface area contributed by atoms with Crippen LogP contribution in [0.4, 0.5) is 0 Å². The van der Waals surface area contributed by atoms with Gasteiger partial charge in [0.25, 0.3) is 0 Å². The topological polar surface area (TPSA) is 22.0 Å². The van der Waals surface area contributed by atoms with Crippen molar-refractivity contribution in [3.63, 3.8) is 0 Å². The number of aryl methyl sites for hydroxylation is 4. The molecule has 1 aromatic carbocycles. The highest BCUT2D eigenvalue weighted by molar-refractivity contribution is 5.98. The highest BCUT2D eigenvalue weighted by atomic mass is 16.1. The van der Waals surface area contributed by atoms with Gasteiger partial charge in [0.2, 0.25) is 0 Å². The van der Waals surface area contributed by atoms with Crippen molar-refractivity contribution < 1.29 is 4.79 Å². The number of rotatable bonds is 1. The molecule has 1 aliphatic carbocycles. The molecule has 0 unspecified atom stereocenters. The second-order valence-corrected chi connectivity index (χ2v) is 6.01. The Morgan fingerprint density at radius 1 is 0.950 bits per heavy atom. The van der Waals surface area contributed by atoms with Crippen LogP contribution in [0.15, 0.2) is 18.2 Å². The van der Waals surface area contributed by atoms with E-state index in [1.165, 1.54) is 33.8 Å². The lowest BCUT2D eigenvalue weighted by Crippen LogP contribution is -2.14. The van der Waals surface area contributed by atoms with Crippen molar-refractivity contribution in [2.75, 3.05) is 0 Å². The van der Waals surface area contributed by atoms with Crippen molar-refractivity contribution in [1.29, 1.82) is 0 Å². The van der Waals surface area contributed by atoms with Gasteiger partial charge in [0, 0.05) is 23.4 Å². The van der Waals surface area contributed by atoms with E-state index in [2.05, 4.69) is 50.5 Å². The summed E-state index contributed by atoms with van der Waals surface area (Å²) < 4.78 is 2.30. The fraction of sp³-hybridized carbons (Fsp3) is 0.389. The van der Waals surface area contributed by atoms with Crippen molar-refractivity contribution in [3.8, 4) is 5.69 Å². The number of ketones is 1. The van der Waals surface area contributed by atoms with Gasteiger partial charge >= 0.3 is 0 Å². The van der Waals surface area contributed by atoms with E-state index < -0.39 is 0 Å². The van der Waals surface area contributed by atoms with Crippen LogP contribution in [0.1, 0.15) is 51.3 Å². The van der Waals surface area contributed by atoms with Gasteiger partial charge < -0.3 is 4.57 Å². The molecule has 2 heteroatoms. The normalized spacial score (nSPS) is 14.5. The molecule has 2 nitrogen and oxygen atoms in total. The van der Waals surface area contributed by atoms with E-state index in [9.17, 15) is 4.79 Å². The Balaban J connectivity index is 2.29. The van der Waals surface area contributed by atoms with Crippen molar-refractivity contribution >= 4 is 5.78 Å². The van der Waals surface area contributed by atoms with Crippen molar-refractivity contribution in [3.05, 3.63) is 51.8 Å². The van der Waals surface area contributed by atoms with Gasteiger partial charge in [0.1, 0.15) is 0 Å². The Kier molecular flexibility index (Phi) is 3.04. The summed E-state index contributed by atoms with van der Waals surface area (Å²) in [5, 5.41) is 0. The van der Waals surface area contributed by atoms with Crippen LogP contribution in [-0.4, -0.2) is 10.4 Å². The van der Waals surface area contributed by atoms with Crippen LogP contribution in [-0.2, 0) is 6.42 Å². The summed E-state index contributed by atoms with van der Waals surface area (Å²) in [6, 6.07) is 6.51. The highest BCUT2D eigenvalue weighted by Crippen LogP contribution is 2.31. The lowest BCUT2D eigenvalue weighted by molar-refractivity contribution is 0.0972. The monoisotopic (exact) mass is 267 g/mol. The van der Waals surface area contributed by atoms with E-state index in [0.717, 1.165) is 18.4 Å². The van der Waals surface area contributed by atoms with Crippen molar-refractivity contribution in [1.82, 2.24) is 4.57 Å². The van der Waals surface area contributed by atoms with Gasteiger partial charge in [-0.15, -0.1) is 0 Å². The molecule has 104 valence electrons. The Bertz CT molecular complexity index is 683. The van der Waals surface area contributed by atoms with Gasteiger partial charge in [-0.05, 0) is 57.7 Å². The third-order valence-corrected chi connectivity index (χ3v) is 4.26. The zero-order chi connectivity index (χ0) is 14.4. The zero-order valence-corrected chi connectivity index (χ0v) is 12.7. The molecule has 0 spiro atoms. The highest BCUT2D eigenvalue weighted by Gasteiger charge is 2.24. The summed E-state index contributed by atoms with van der Waals surface area (Å²) >= 11 is 0. The first-order valence-electron chi connectivity index (χ1n) is 7.31. The van der Waals surface area contributed by atoms with Crippen LogP contribution in [0.25, 0.3) is 5.69 Å². The predicted octanol–water partition coefficient (Wildman–Crippen LogP) is 4.23. The lowest BCUT2D eigenvalue weighted by Gasteiger charge is -2.20. The van der Waals surface area contributed by atoms with E-state index in [0.29, 0.717) is 12.2 Å². The first-order chi connectivity index (χ1) is 9.49. The summed E-state index contributed by atoms with van der Waals surface area (Å²) in [6.07, 6.45) is 2.67. The third-order valence-electron chi connectivity index (χ3n) is 4.26. The molecule has 20 heavy (non-hydrogen) atoms. The molecule has 1 heterocycles. The number of nitrogens with zero attached hydrogens (tertiary/aromatic N) is 1. The number of hydrogen-bond donors (Lipinski definition) is 0. The van der Waals surface area contributed by atoms with Gasteiger partial charge in [-0.2, -0.15) is 0 Å². The maximum Gasteiger partial charge on any atom is 0.164 e. The third kappa shape index (κ3) is 1.91. The first-order valence-corrected chi connectivity index (χ1v) is 7.31. The van der Waals surface area contributed by atoms with Crippen molar-refractivity contribution in [2.24, 2.45) is 0 Å². The molecular weight excluding hydrogens is 246 g/mol. The molecule has 3 rings (SSSR count). The largest absolute Gasteiger partial charge is 0.317 e. The zero-order valence-electron chi connectivity index (χ0n) is 12.7. The molecule has 1 aliphatic rings. The summed E-state index contributed by atoms with van der Waals surface area (Å²) in [4.78, 5) is 12.1. The fourth-order valence-corrected chi connectivity index (χ4v) is 3.57. The van der Waals surface area contributed by atoms with E-state index >= 15 is 0 Å². The van der Waals surface area contributed by atoms with Crippen LogP contribution >= 0.6 is 0 Å². The molecule has 0 radical (unpaired) electrons. The van der Waals surface area contributed by atoms with Crippen LogP contribution < -0.4 is 0 Å². The number of carbonyl (C=O) groups is 1. The van der Waals surface area contributed by atoms with Crippen LogP contribution in [0, 0.1) is 27.7 Å². The molecule has 0 amide bonds. The maximum atomic E-state index is 12.1. The number of hydrogen-bond acceptors (Lipinski definition) is 1. The minimum atomic E-state index is 0.301. The smallest absolute Gasteiger partial charge is 0.164 e. The minimum Gasteiger partial charge on any atom is -0.317 e. The lowest BCUT2D eigenvalue weighted by atomic mass is 9.96. The Labute approximate surface area is 120 Å². The van der Waals surface area contributed by atoms with Gasteiger partial charge in [0.05, 0.1) is 5.69 Å². The average Bonchev–Trinajstić information content (AvgIpc) is 2.67. The molecule has 0 N–H and O–H groups in total. The van der Waals surface area contributed by atoms with Gasteiger partial charge in [0.15, 0.2) is 5.78 Å². The number of carbonyl (C=O) groups excluding carboxylic acids is 1. The predicted molar refractivity (Wildman–Crippen MR) is 82.0 cm³/mol. The summed E-state index contributed by atoms with van der Waals surface area (Å²) in [5.41, 5.74) is 8.41. The van der Waals surface area contributed by atoms with E-state index in [-0.39, 0.29) is 0 Å². The van der Waals surface area contributed by atoms with E-state index in [1.54, 1.807) is 0 Å². The maximum absolute atomic E-state index is 12.1. The first kappa shape index (κ1) is 13.2. The molecule has 0 saturated carbocycles. The molecule has 0 saturated heterocycles. The average molecular weight is 267 g/mol. The molecule has 0 aliphatic heterocycles. The number of fused-ring (bicyclic) bond motifs is 1. The van der Waals surface area contributed by atoms with Crippen LogP contribution in [0.3, 0.4) is 0 Å². The number of Topliss-reactive ketones (excluding diaryl/α,β-unsaturated/α-hetero) is 1. The summed E-state index contributed by atoms with van der Waals surface area (Å²) in [5.74, 6) is 0.301. The molecule has 1 aromatic heterocycles. The Hall–Kier alpha value is -1.83.